The summed E-state index contributed by atoms with van der Waals surface area (Å²) in [4.78, 5) is 23.7. The van der Waals surface area contributed by atoms with Gasteiger partial charge in [0.05, 0.1) is 12.6 Å². The first-order valence-electron chi connectivity index (χ1n) is 6.94. The molecule has 114 valence electrons. The fraction of sp³-hybridized carbons (Fsp3) is 0.176. The number of benzene rings is 2. The first-order valence-corrected chi connectivity index (χ1v) is 7.32. The monoisotopic (exact) mass is 316 g/mol. The summed E-state index contributed by atoms with van der Waals surface area (Å²) in [5.41, 5.74) is 1.48. The van der Waals surface area contributed by atoms with E-state index >= 15 is 0 Å². The van der Waals surface area contributed by atoms with Gasteiger partial charge in [-0.1, -0.05) is 41.9 Å². The second-order valence-electron chi connectivity index (χ2n) is 4.89. The minimum absolute atomic E-state index is 0.0638. The highest BCUT2D eigenvalue weighted by molar-refractivity contribution is 6.30. The fourth-order valence-electron chi connectivity index (χ4n) is 1.98. The molecular formula is C17H17ClN2O2. The molecule has 0 saturated carbocycles. The molecule has 0 aliphatic heterocycles. The summed E-state index contributed by atoms with van der Waals surface area (Å²) in [6, 6.07) is 15.9. The summed E-state index contributed by atoms with van der Waals surface area (Å²) in [5, 5.41) is 6.07. The summed E-state index contributed by atoms with van der Waals surface area (Å²) >= 11 is 5.83. The highest BCUT2D eigenvalue weighted by Gasteiger charge is 2.11. The van der Waals surface area contributed by atoms with Crippen LogP contribution in [0.25, 0.3) is 0 Å². The predicted octanol–water partition coefficient (Wildman–Crippen LogP) is 2.95. The van der Waals surface area contributed by atoms with E-state index in [4.69, 9.17) is 11.6 Å². The largest absolute Gasteiger partial charge is 0.348 e. The van der Waals surface area contributed by atoms with Gasteiger partial charge in [-0.3, -0.25) is 9.59 Å². The number of carbonyl (C=O) groups excluding carboxylic acids is 2. The van der Waals surface area contributed by atoms with Gasteiger partial charge >= 0.3 is 0 Å². The Morgan fingerprint density at radius 3 is 2.32 bits per heavy atom. The second-order valence-corrected chi connectivity index (χ2v) is 5.33. The summed E-state index contributed by atoms with van der Waals surface area (Å²) in [6.45, 7) is 1.81. The van der Waals surface area contributed by atoms with E-state index in [0.717, 1.165) is 5.56 Å². The van der Waals surface area contributed by atoms with Gasteiger partial charge in [0.1, 0.15) is 0 Å². The van der Waals surface area contributed by atoms with Gasteiger partial charge in [-0.25, -0.2) is 0 Å². The van der Waals surface area contributed by atoms with Crippen LogP contribution in [0, 0.1) is 0 Å². The SMILES string of the molecule is C[C@H](NC(=O)CNC(=O)c1ccccc1)c1ccc(Cl)cc1. The third-order valence-electron chi connectivity index (χ3n) is 3.19. The maximum absolute atomic E-state index is 11.9. The number of amides is 2. The van der Waals surface area contributed by atoms with E-state index in [0.29, 0.717) is 10.6 Å². The number of hydrogen-bond acceptors (Lipinski definition) is 2. The van der Waals surface area contributed by atoms with Crippen LogP contribution < -0.4 is 10.6 Å². The zero-order chi connectivity index (χ0) is 15.9. The molecule has 2 aromatic rings. The first kappa shape index (κ1) is 16.0. The minimum Gasteiger partial charge on any atom is -0.348 e. The van der Waals surface area contributed by atoms with Crippen molar-refractivity contribution in [2.45, 2.75) is 13.0 Å². The molecular weight excluding hydrogens is 300 g/mol. The molecule has 0 bridgehead atoms. The third kappa shape index (κ3) is 4.60. The van der Waals surface area contributed by atoms with Crippen LogP contribution in [-0.2, 0) is 4.79 Å². The van der Waals surface area contributed by atoms with Gasteiger partial charge in [-0.05, 0) is 36.8 Å². The molecule has 22 heavy (non-hydrogen) atoms. The van der Waals surface area contributed by atoms with E-state index in [1.54, 1.807) is 36.4 Å². The molecule has 2 rings (SSSR count). The molecule has 5 heteroatoms. The predicted molar refractivity (Wildman–Crippen MR) is 86.8 cm³/mol. The Hall–Kier alpha value is -2.33. The van der Waals surface area contributed by atoms with Gasteiger partial charge < -0.3 is 10.6 Å². The van der Waals surface area contributed by atoms with Crippen molar-refractivity contribution in [2.75, 3.05) is 6.54 Å². The molecule has 2 amide bonds. The maximum Gasteiger partial charge on any atom is 0.251 e. The van der Waals surface area contributed by atoms with Crippen LogP contribution in [0.5, 0.6) is 0 Å². The van der Waals surface area contributed by atoms with E-state index in [1.807, 2.05) is 25.1 Å². The Labute approximate surface area is 134 Å². The fourth-order valence-corrected chi connectivity index (χ4v) is 2.11. The normalized spacial score (nSPS) is 11.5. The Bertz CT molecular complexity index is 641. The quantitative estimate of drug-likeness (QED) is 0.891. The molecule has 2 N–H and O–H groups in total. The van der Waals surface area contributed by atoms with E-state index < -0.39 is 0 Å². The second kappa shape index (κ2) is 7.61. The zero-order valence-electron chi connectivity index (χ0n) is 12.2. The number of carbonyl (C=O) groups is 2. The van der Waals surface area contributed by atoms with Crippen molar-refractivity contribution in [2.24, 2.45) is 0 Å². The lowest BCUT2D eigenvalue weighted by Crippen LogP contribution is -2.38. The van der Waals surface area contributed by atoms with E-state index in [-0.39, 0.29) is 24.4 Å². The molecule has 0 fully saturated rings. The number of halogens is 1. The Kier molecular flexibility index (Phi) is 5.55. The summed E-state index contributed by atoms with van der Waals surface area (Å²) < 4.78 is 0. The van der Waals surface area contributed by atoms with Gasteiger partial charge in [0.2, 0.25) is 5.91 Å². The standard InChI is InChI=1S/C17H17ClN2O2/c1-12(13-7-9-15(18)10-8-13)20-16(21)11-19-17(22)14-5-3-2-4-6-14/h2-10,12H,11H2,1H3,(H,19,22)(H,20,21)/t12-/m0/s1. The average Bonchev–Trinajstić information content (AvgIpc) is 2.54. The summed E-state index contributed by atoms with van der Waals surface area (Å²) in [6.07, 6.45) is 0. The lowest BCUT2D eigenvalue weighted by atomic mass is 10.1. The molecule has 0 spiro atoms. The van der Waals surface area contributed by atoms with Crippen LogP contribution in [0.3, 0.4) is 0 Å². The Morgan fingerprint density at radius 2 is 1.68 bits per heavy atom. The van der Waals surface area contributed by atoms with Crippen molar-refractivity contribution in [1.29, 1.82) is 0 Å². The van der Waals surface area contributed by atoms with Crippen molar-refractivity contribution < 1.29 is 9.59 Å². The van der Waals surface area contributed by atoms with Crippen LogP contribution in [-0.4, -0.2) is 18.4 Å². The third-order valence-corrected chi connectivity index (χ3v) is 3.44. The maximum atomic E-state index is 11.9. The summed E-state index contributed by atoms with van der Waals surface area (Å²) in [7, 11) is 0. The molecule has 0 saturated heterocycles. The highest BCUT2D eigenvalue weighted by Crippen LogP contribution is 2.15. The van der Waals surface area contributed by atoms with Gasteiger partial charge in [0, 0.05) is 10.6 Å². The van der Waals surface area contributed by atoms with Gasteiger partial charge in [0.25, 0.3) is 5.91 Å². The van der Waals surface area contributed by atoms with E-state index in [9.17, 15) is 9.59 Å². The minimum atomic E-state index is -0.269. The average molecular weight is 317 g/mol. The molecule has 2 aromatic carbocycles. The van der Waals surface area contributed by atoms with E-state index in [1.165, 1.54) is 0 Å². The van der Waals surface area contributed by atoms with Crippen molar-refractivity contribution in [3.05, 3.63) is 70.7 Å². The van der Waals surface area contributed by atoms with Crippen LogP contribution in [0.4, 0.5) is 0 Å². The van der Waals surface area contributed by atoms with Crippen LogP contribution in [0.15, 0.2) is 54.6 Å². The zero-order valence-corrected chi connectivity index (χ0v) is 12.9. The molecule has 0 aliphatic rings. The smallest absolute Gasteiger partial charge is 0.251 e. The van der Waals surface area contributed by atoms with Crippen molar-refractivity contribution in [1.82, 2.24) is 10.6 Å². The Balaban J connectivity index is 1.83. The molecule has 0 aliphatic carbocycles. The molecule has 0 radical (unpaired) electrons. The number of nitrogens with one attached hydrogen (secondary N) is 2. The molecule has 1 atom stereocenters. The number of hydrogen-bond donors (Lipinski definition) is 2. The Morgan fingerprint density at radius 1 is 1.05 bits per heavy atom. The highest BCUT2D eigenvalue weighted by atomic mass is 35.5. The molecule has 0 unspecified atom stereocenters. The van der Waals surface area contributed by atoms with Crippen molar-refractivity contribution in [3.63, 3.8) is 0 Å². The van der Waals surface area contributed by atoms with E-state index in [2.05, 4.69) is 10.6 Å². The van der Waals surface area contributed by atoms with Crippen molar-refractivity contribution >= 4 is 23.4 Å². The van der Waals surface area contributed by atoms with Crippen LogP contribution in [0.1, 0.15) is 28.9 Å². The topological polar surface area (TPSA) is 58.2 Å². The van der Waals surface area contributed by atoms with Gasteiger partial charge in [0.15, 0.2) is 0 Å². The van der Waals surface area contributed by atoms with Crippen molar-refractivity contribution in [3.8, 4) is 0 Å². The molecule has 0 aromatic heterocycles. The lowest BCUT2D eigenvalue weighted by molar-refractivity contribution is -0.120. The van der Waals surface area contributed by atoms with Crippen LogP contribution in [0.2, 0.25) is 5.02 Å². The van der Waals surface area contributed by atoms with Gasteiger partial charge in [-0.2, -0.15) is 0 Å². The van der Waals surface area contributed by atoms with Crippen LogP contribution >= 0.6 is 11.6 Å². The first-order chi connectivity index (χ1) is 10.6. The molecule has 0 heterocycles. The van der Waals surface area contributed by atoms with Gasteiger partial charge in [-0.15, -0.1) is 0 Å². The lowest BCUT2D eigenvalue weighted by Gasteiger charge is -2.14. The molecule has 4 nitrogen and oxygen atoms in total. The summed E-state index contributed by atoms with van der Waals surface area (Å²) in [5.74, 6) is -0.512. The number of rotatable bonds is 5.